The molecule has 0 saturated heterocycles. The van der Waals surface area contributed by atoms with Crippen LogP contribution in [0, 0.1) is 0 Å². The van der Waals surface area contributed by atoms with Crippen LogP contribution in [0.15, 0.2) is 42.5 Å². The van der Waals surface area contributed by atoms with Crippen LogP contribution >= 0.6 is 11.8 Å². The first-order valence-corrected chi connectivity index (χ1v) is 9.09. The van der Waals surface area contributed by atoms with Gasteiger partial charge in [-0.3, -0.25) is 4.79 Å². The Hall–Kier alpha value is -2.14. The number of methoxy groups -OCH3 is 2. The van der Waals surface area contributed by atoms with Crippen LogP contribution < -0.4 is 14.8 Å². The molecule has 0 aromatic heterocycles. The molecule has 2 aromatic rings. The van der Waals surface area contributed by atoms with Crippen LogP contribution in [0.1, 0.15) is 34.5 Å². The summed E-state index contributed by atoms with van der Waals surface area (Å²) in [7, 11) is 3.22. The van der Waals surface area contributed by atoms with E-state index in [1.807, 2.05) is 49.4 Å². The van der Waals surface area contributed by atoms with Gasteiger partial charge >= 0.3 is 0 Å². The van der Waals surface area contributed by atoms with Gasteiger partial charge in [-0.15, -0.1) is 0 Å². The van der Waals surface area contributed by atoms with Crippen LogP contribution in [-0.2, 0) is 5.75 Å². The molecule has 0 bridgehead atoms. The summed E-state index contributed by atoms with van der Waals surface area (Å²) in [5.41, 5.74) is 2.77. The number of carbonyl (C=O) groups is 1. The van der Waals surface area contributed by atoms with Crippen molar-refractivity contribution >= 4 is 17.7 Å². The lowest BCUT2D eigenvalue weighted by atomic mass is 10.1. The molecule has 1 amide bonds. The number of hydrogen-bond donors (Lipinski definition) is 1. The molecule has 5 heteroatoms. The molecule has 0 saturated carbocycles. The molecule has 0 radical (unpaired) electrons. The zero-order valence-corrected chi connectivity index (χ0v) is 15.3. The topological polar surface area (TPSA) is 47.6 Å². The first-order chi connectivity index (χ1) is 11.6. The number of rotatable bonds is 7. The quantitative estimate of drug-likeness (QED) is 0.822. The largest absolute Gasteiger partial charge is 0.497 e. The summed E-state index contributed by atoms with van der Waals surface area (Å²) < 4.78 is 10.6. The van der Waals surface area contributed by atoms with Crippen LogP contribution in [0.2, 0.25) is 0 Å². The fraction of sp³-hybridized carbons (Fsp3) is 0.316. The van der Waals surface area contributed by atoms with Gasteiger partial charge in [-0.05, 0) is 43.0 Å². The van der Waals surface area contributed by atoms with Crippen LogP contribution in [0.25, 0.3) is 0 Å². The number of amides is 1. The molecule has 0 aliphatic heterocycles. The second-order valence-corrected chi connectivity index (χ2v) is 6.30. The Morgan fingerprint density at radius 2 is 1.83 bits per heavy atom. The second-order valence-electron chi connectivity index (χ2n) is 5.43. The monoisotopic (exact) mass is 345 g/mol. The van der Waals surface area contributed by atoms with Crippen LogP contribution in [-0.4, -0.2) is 26.4 Å². The predicted octanol–water partition coefficient (Wildman–Crippen LogP) is 4.06. The fourth-order valence-electron chi connectivity index (χ4n) is 2.45. The van der Waals surface area contributed by atoms with E-state index in [4.69, 9.17) is 9.47 Å². The molecule has 128 valence electrons. The summed E-state index contributed by atoms with van der Waals surface area (Å²) in [5.74, 6) is 2.26. The summed E-state index contributed by atoms with van der Waals surface area (Å²) in [5, 5.41) is 3.01. The molecule has 0 fully saturated rings. The van der Waals surface area contributed by atoms with E-state index in [2.05, 4.69) is 11.6 Å². The number of benzene rings is 2. The molecule has 0 spiro atoms. The maximum Gasteiger partial charge on any atom is 0.251 e. The number of hydrogen-bond acceptors (Lipinski definition) is 4. The summed E-state index contributed by atoms with van der Waals surface area (Å²) in [6, 6.07) is 13.1. The maximum absolute atomic E-state index is 12.4. The molecule has 0 aliphatic rings. The molecule has 2 aromatic carbocycles. The average molecular weight is 345 g/mol. The van der Waals surface area contributed by atoms with Crippen molar-refractivity contribution in [2.45, 2.75) is 18.7 Å². The predicted molar refractivity (Wildman–Crippen MR) is 99.1 cm³/mol. The molecule has 1 N–H and O–H groups in total. The van der Waals surface area contributed by atoms with Gasteiger partial charge in [-0.1, -0.05) is 12.1 Å². The lowest BCUT2D eigenvalue weighted by Crippen LogP contribution is -2.26. The minimum Gasteiger partial charge on any atom is -0.497 e. The van der Waals surface area contributed by atoms with Crippen LogP contribution in [0.5, 0.6) is 11.5 Å². The first-order valence-electron chi connectivity index (χ1n) is 7.69. The van der Waals surface area contributed by atoms with Crippen molar-refractivity contribution in [2.75, 3.05) is 20.5 Å². The van der Waals surface area contributed by atoms with Crippen molar-refractivity contribution in [3.05, 3.63) is 59.2 Å². The Bertz CT molecular complexity index is 686. The van der Waals surface area contributed by atoms with Crippen LogP contribution in [0.3, 0.4) is 0 Å². The Morgan fingerprint density at radius 1 is 1.12 bits per heavy atom. The fourth-order valence-corrected chi connectivity index (χ4v) is 2.98. The van der Waals surface area contributed by atoms with E-state index in [1.165, 1.54) is 5.56 Å². The lowest BCUT2D eigenvalue weighted by Gasteiger charge is -2.18. The van der Waals surface area contributed by atoms with Crippen molar-refractivity contribution < 1.29 is 14.3 Å². The Kier molecular flexibility index (Phi) is 6.55. The zero-order chi connectivity index (χ0) is 17.5. The molecule has 2 rings (SSSR count). The smallest absolute Gasteiger partial charge is 0.251 e. The third-order valence-corrected chi connectivity index (χ3v) is 4.40. The van der Waals surface area contributed by atoms with Gasteiger partial charge in [0.25, 0.3) is 5.91 Å². The van der Waals surface area contributed by atoms with Crippen molar-refractivity contribution in [2.24, 2.45) is 0 Å². The highest BCUT2D eigenvalue weighted by molar-refractivity contribution is 7.97. The van der Waals surface area contributed by atoms with E-state index in [0.717, 1.165) is 17.1 Å². The third kappa shape index (κ3) is 4.45. The van der Waals surface area contributed by atoms with Crippen molar-refractivity contribution in [3.8, 4) is 11.5 Å². The van der Waals surface area contributed by atoms with Crippen molar-refractivity contribution in [1.82, 2.24) is 5.32 Å². The van der Waals surface area contributed by atoms with E-state index < -0.39 is 0 Å². The minimum absolute atomic E-state index is 0.101. The highest BCUT2D eigenvalue weighted by atomic mass is 32.2. The van der Waals surface area contributed by atoms with E-state index in [9.17, 15) is 4.79 Å². The van der Waals surface area contributed by atoms with Gasteiger partial charge in [0, 0.05) is 22.9 Å². The average Bonchev–Trinajstić information content (AvgIpc) is 2.61. The highest BCUT2D eigenvalue weighted by Crippen LogP contribution is 2.29. The molecule has 24 heavy (non-hydrogen) atoms. The highest BCUT2D eigenvalue weighted by Gasteiger charge is 2.16. The zero-order valence-electron chi connectivity index (χ0n) is 14.5. The molecular formula is C19H23NO3S. The lowest BCUT2D eigenvalue weighted by molar-refractivity contribution is 0.0939. The van der Waals surface area contributed by atoms with Gasteiger partial charge in [0.15, 0.2) is 0 Å². The second kappa shape index (κ2) is 8.64. The van der Waals surface area contributed by atoms with E-state index >= 15 is 0 Å². The summed E-state index contributed by atoms with van der Waals surface area (Å²) in [6.07, 6.45) is 2.06. The molecular weight excluding hydrogens is 322 g/mol. The number of thioether (sulfide) groups is 1. The van der Waals surface area contributed by atoms with Gasteiger partial charge in [0.1, 0.15) is 11.5 Å². The Labute approximate surface area is 147 Å². The first kappa shape index (κ1) is 18.2. The van der Waals surface area contributed by atoms with E-state index in [0.29, 0.717) is 11.3 Å². The van der Waals surface area contributed by atoms with Gasteiger partial charge in [-0.25, -0.2) is 0 Å². The number of nitrogens with one attached hydrogen (secondary N) is 1. The van der Waals surface area contributed by atoms with Gasteiger partial charge in [0.05, 0.1) is 20.3 Å². The van der Waals surface area contributed by atoms with E-state index in [1.54, 1.807) is 26.0 Å². The number of ether oxygens (including phenoxy) is 2. The molecule has 4 nitrogen and oxygen atoms in total. The van der Waals surface area contributed by atoms with Crippen LogP contribution in [0.4, 0.5) is 0 Å². The summed E-state index contributed by atoms with van der Waals surface area (Å²) >= 11 is 1.76. The van der Waals surface area contributed by atoms with Crippen molar-refractivity contribution in [3.63, 3.8) is 0 Å². The SMILES string of the molecule is COc1ccc(C(C)NC(=O)c2ccc(CSC)cc2)c(OC)c1. The Balaban J connectivity index is 2.11. The van der Waals surface area contributed by atoms with Gasteiger partial charge < -0.3 is 14.8 Å². The molecule has 1 unspecified atom stereocenters. The maximum atomic E-state index is 12.4. The minimum atomic E-state index is -0.177. The molecule has 0 aliphatic carbocycles. The molecule has 1 atom stereocenters. The third-order valence-electron chi connectivity index (χ3n) is 3.78. The molecule has 0 heterocycles. The van der Waals surface area contributed by atoms with Gasteiger partial charge in [0.2, 0.25) is 0 Å². The Morgan fingerprint density at radius 3 is 2.42 bits per heavy atom. The van der Waals surface area contributed by atoms with Gasteiger partial charge in [-0.2, -0.15) is 11.8 Å². The summed E-state index contributed by atoms with van der Waals surface area (Å²) in [4.78, 5) is 12.4. The van der Waals surface area contributed by atoms with E-state index in [-0.39, 0.29) is 11.9 Å². The number of carbonyl (C=O) groups excluding carboxylic acids is 1. The normalized spacial score (nSPS) is 11.7. The van der Waals surface area contributed by atoms with Crippen molar-refractivity contribution in [1.29, 1.82) is 0 Å². The summed E-state index contributed by atoms with van der Waals surface area (Å²) in [6.45, 7) is 1.93. The standard InChI is InChI=1S/C19H23NO3S/c1-13(17-10-9-16(22-2)11-18(17)23-3)20-19(21)15-7-5-14(6-8-15)12-24-4/h5-11,13H,12H2,1-4H3,(H,20,21).